The normalized spacial score (nSPS) is 10.6. The molecule has 0 radical (unpaired) electrons. The second kappa shape index (κ2) is 5.12. The Hall–Kier alpha value is -3.10. The standard InChI is InChI=1S/C12H11N7O2/c1-7-16-17-10-4-3-8(18-19(7)10)12(20)15-9-5-11(21-2)14-6-13-9/h3-6H,1-2H3,(H,13,14,15,20). The summed E-state index contributed by atoms with van der Waals surface area (Å²) in [4.78, 5) is 20.0. The van der Waals surface area contributed by atoms with Gasteiger partial charge in [-0.2, -0.15) is 9.61 Å². The number of ether oxygens (including phenoxy) is 1. The van der Waals surface area contributed by atoms with Crippen LogP contribution in [0.3, 0.4) is 0 Å². The van der Waals surface area contributed by atoms with Crippen LogP contribution in [0.5, 0.6) is 5.88 Å². The lowest BCUT2D eigenvalue weighted by Crippen LogP contribution is -2.16. The van der Waals surface area contributed by atoms with Gasteiger partial charge < -0.3 is 10.1 Å². The number of rotatable bonds is 3. The number of nitrogens with one attached hydrogen (secondary N) is 1. The second-order valence-corrected chi connectivity index (χ2v) is 4.14. The van der Waals surface area contributed by atoms with Gasteiger partial charge in [-0.15, -0.1) is 10.2 Å². The molecule has 0 saturated heterocycles. The first-order valence-electron chi connectivity index (χ1n) is 6.04. The molecule has 3 heterocycles. The van der Waals surface area contributed by atoms with Gasteiger partial charge >= 0.3 is 0 Å². The first-order valence-corrected chi connectivity index (χ1v) is 6.04. The van der Waals surface area contributed by atoms with Crippen LogP contribution in [0.25, 0.3) is 5.65 Å². The van der Waals surface area contributed by atoms with E-state index in [0.29, 0.717) is 23.2 Å². The first-order chi connectivity index (χ1) is 10.2. The number of methoxy groups -OCH3 is 1. The summed E-state index contributed by atoms with van der Waals surface area (Å²) in [5.41, 5.74) is 0.802. The van der Waals surface area contributed by atoms with Gasteiger partial charge in [-0.3, -0.25) is 4.79 Å². The lowest BCUT2D eigenvalue weighted by molar-refractivity contribution is 0.102. The van der Waals surface area contributed by atoms with Crippen molar-refractivity contribution in [2.45, 2.75) is 6.92 Å². The van der Waals surface area contributed by atoms with Crippen molar-refractivity contribution in [2.24, 2.45) is 0 Å². The monoisotopic (exact) mass is 285 g/mol. The van der Waals surface area contributed by atoms with Crippen LogP contribution in [0.4, 0.5) is 5.82 Å². The molecule has 0 spiro atoms. The van der Waals surface area contributed by atoms with E-state index in [4.69, 9.17) is 4.74 Å². The molecule has 1 amide bonds. The van der Waals surface area contributed by atoms with E-state index in [1.165, 1.54) is 24.0 Å². The van der Waals surface area contributed by atoms with Crippen molar-refractivity contribution in [3.8, 4) is 5.88 Å². The zero-order valence-electron chi connectivity index (χ0n) is 11.3. The molecule has 0 fully saturated rings. The van der Waals surface area contributed by atoms with Gasteiger partial charge in [0.1, 0.15) is 17.8 Å². The predicted octanol–water partition coefficient (Wildman–Crippen LogP) is 0.484. The molecule has 0 saturated carbocycles. The molecule has 3 rings (SSSR count). The van der Waals surface area contributed by atoms with Gasteiger partial charge in [-0.25, -0.2) is 9.97 Å². The van der Waals surface area contributed by atoms with Crippen LogP contribution < -0.4 is 10.1 Å². The van der Waals surface area contributed by atoms with Crippen molar-refractivity contribution in [2.75, 3.05) is 12.4 Å². The number of anilines is 1. The maximum absolute atomic E-state index is 12.2. The van der Waals surface area contributed by atoms with E-state index in [9.17, 15) is 4.79 Å². The molecule has 3 aromatic rings. The maximum Gasteiger partial charge on any atom is 0.277 e. The highest BCUT2D eigenvalue weighted by molar-refractivity contribution is 6.02. The van der Waals surface area contributed by atoms with E-state index in [1.54, 1.807) is 19.1 Å². The summed E-state index contributed by atoms with van der Waals surface area (Å²) < 4.78 is 6.46. The molecule has 0 bridgehead atoms. The summed E-state index contributed by atoms with van der Waals surface area (Å²) >= 11 is 0. The van der Waals surface area contributed by atoms with E-state index in [2.05, 4.69) is 30.6 Å². The van der Waals surface area contributed by atoms with Crippen molar-refractivity contribution in [3.63, 3.8) is 0 Å². The summed E-state index contributed by atoms with van der Waals surface area (Å²) in [5, 5.41) is 14.6. The number of aromatic nitrogens is 6. The van der Waals surface area contributed by atoms with Gasteiger partial charge in [-0.05, 0) is 19.1 Å². The Morgan fingerprint density at radius 1 is 1.29 bits per heavy atom. The van der Waals surface area contributed by atoms with E-state index >= 15 is 0 Å². The van der Waals surface area contributed by atoms with Gasteiger partial charge in [0.05, 0.1) is 7.11 Å². The van der Waals surface area contributed by atoms with Crippen LogP contribution in [-0.4, -0.2) is 42.8 Å². The number of carbonyl (C=O) groups is 1. The van der Waals surface area contributed by atoms with Crippen LogP contribution in [-0.2, 0) is 0 Å². The number of amides is 1. The Kier molecular flexibility index (Phi) is 3.14. The minimum absolute atomic E-state index is 0.225. The summed E-state index contributed by atoms with van der Waals surface area (Å²) in [7, 11) is 1.48. The Labute approximate surface area is 119 Å². The van der Waals surface area contributed by atoms with Crippen molar-refractivity contribution < 1.29 is 9.53 Å². The number of nitrogens with zero attached hydrogens (tertiary/aromatic N) is 6. The molecule has 3 aromatic heterocycles. The minimum Gasteiger partial charge on any atom is -0.481 e. The third-order valence-electron chi connectivity index (χ3n) is 2.74. The van der Waals surface area contributed by atoms with Crippen molar-refractivity contribution in [1.29, 1.82) is 0 Å². The molecule has 0 atom stereocenters. The average molecular weight is 285 g/mol. The average Bonchev–Trinajstić information content (AvgIpc) is 2.88. The molecule has 0 unspecified atom stereocenters. The SMILES string of the molecule is COc1cc(NC(=O)c2ccc3nnc(C)n3n2)ncn1. The van der Waals surface area contributed by atoms with Crippen molar-refractivity contribution in [1.82, 2.24) is 29.8 Å². The molecule has 0 aliphatic carbocycles. The zero-order chi connectivity index (χ0) is 14.8. The minimum atomic E-state index is -0.397. The van der Waals surface area contributed by atoms with Gasteiger partial charge in [0.15, 0.2) is 11.5 Å². The van der Waals surface area contributed by atoms with Crippen LogP contribution in [0, 0.1) is 6.92 Å². The van der Waals surface area contributed by atoms with Crippen LogP contribution in [0.15, 0.2) is 24.5 Å². The number of hydrogen-bond donors (Lipinski definition) is 1. The first kappa shape index (κ1) is 12.9. The molecule has 0 aliphatic heterocycles. The van der Waals surface area contributed by atoms with Gasteiger partial charge in [0.25, 0.3) is 5.91 Å². The van der Waals surface area contributed by atoms with E-state index in [0.717, 1.165) is 0 Å². The molecule has 9 nitrogen and oxygen atoms in total. The molecule has 106 valence electrons. The van der Waals surface area contributed by atoms with E-state index < -0.39 is 5.91 Å². The molecule has 0 aromatic carbocycles. The Balaban J connectivity index is 1.87. The van der Waals surface area contributed by atoms with E-state index in [-0.39, 0.29) is 5.69 Å². The topological polar surface area (TPSA) is 107 Å². The van der Waals surface area contributed by atoms with Gasteiger partial charge in [0, 0.05) is 6.07 Å². The smallest absolute Gasteiger partial charge is 0.277 e. The molecule has 9 heteroatoms. The van der Waals surface area contributed by atoms with E-state index in [1.807, 2.05) is 0 Å². The lowest BCUT2D eigenvalue weighted by Gasteiger charge is -2.05. The van der Waals surface area contributed by atoms with Crippen molar-refractivity contribution >= 4 is 17.4 Å². The summed E-state index contributed by atoms with van der Waals surface area (Å²) in [6.45, 7) is 1.75. The molecular formula is C12H11N7O2. The molecule has 0 aliphatic rings. The number of aryl methyl sites for hydroxylation is 1. The Morgan fingerprint density at radius 3 is 2.95 bits per heavy atom. The molecule has 1 N–H and O–H groups in total. The quantitative estimate of drug-likeness (QED) is 0.745. The summed E-state index contributed by atoms with van der Waals surface area (Å²) in [6.07, 6.45) is 1.30. The lowest BCUT2D eigenvalue weighted by atomic mass is 10.3. The van der Waals surface area contributed by atoms with Gasteiger partial charge in [-0.1, -0.05) is 0 Å². The predicted molar refractivity (Wildman–Crippen MR) is 72.1 cm³/mol. The molecule has 21 heavy (non-hydrogen) atoms. The highest BCUT2D eigenvalue weighted by atomic mass is 16.5. The fourth-order valence-electron chi connectivity index (χ4n) is 1.72. The number of hydrogen-bond acceptors (Lipinski definition) is 7. The highest BCUT2D eigenvalue weighted by Gasteiger charge is 2.12. The Bertz CT molecular complexity index is 814. The summed E-state index contributed by atoms with van der Waals surface area (Å²) in [5.74, 6) is 0.890. The fraction of sp³-hybridized carbons (Fsp3) is 0.167. The maximum atomic E-state index is 12.2. The Morgan fingerprint density at radius 2 is 2.14 bits per heavy atom. The number of carbonyl (C=O) groups excluding carboxylic acids is 1. The zero-order valence-corrected chi connectivity index (χ0v) is 11.3. The highest BCUT2D eigenvalue weighted by Crippen LogP contribution is 2.11. The van der Waals surface area contributed by atoms with Crippen LogP contribution >= 0.6 is 0 Å². The van der Waals surface area contributed by atoms with Crippen molar-refractivity contribution in [3.05, 3.63) is 36.0 Å². The molecular weight excluding hydrogens is 274 g/mol. The second-order valence-electron chi connectivity index (χ2n) is 4.14. The number of fused-ring (bicyclic) bond motifs is 1. The van der Waals surface area contributed by atoms with Crippen LogP contribution in [0.1, 0.15) is 16.3 Å². The third-order valence-corrected chi connectivity index (χ3v) is 2.74. The van der Waals surface area contributed by atoms with Crippen LogP contribution in [0.2, 0.25) is 0 Å². The third kappa shape index (κ3) is 2.48. The largest absolute Gasteiger partial charge is 0.481 e. The van der Waals surface area contributed by atoms with Gasteiger partial charge in [0.2, 0.25) is 5.88 Å². The summed E-state index contributed by atoms with van der Waals surface area (Å²) in [6, 6.07) is 4.75. The fourth-order valence-corrected chi connectivity index (χ4v) is 1.72.